The summed E-state index contributed by atoms with van der Waals surface area (Å²) in [5, 5.41) is 2.43. The van der Waals surface area contributed by atoms with Crippen LogP contribution in [0.2, 0.25) is 0 Å². The normalized spacial score (nSPS) is 16.2. The van der Waals surface area contributed by atoms with Crippen LogP contribution >= 0.6 is 12.2 Å². The number of halogens is 3. The van der Waals surface area contributed by atoms with E-state index in [1.165, 1.54) is 47.4 Å². The first-order chi connectivity index (χ1) is 13.7. The second kappa shape index (κ2) is 8.00. The summed E-state index contributed by atoms with van der Waals surface area (Å²) in [4.78, 5) is 25.9. The van der Waals surface area contributed by atoms with Gasteiger partial charge in [-0.2, -0.15) is 13.2 Å². The summed E-state index contributed by atoms with van der Waals surface area (Å²) >= 11 is 4.98. The minimum Gasteiger partial charge on any atom is -0.298 e. The van der Waals surface area contributed by atoms with E-state index in [1.54, 1.807) is 12.1 Å². The number of amides is 2. The lowest BCUT2D eigenvalue weighted by Gasteiger charge is -2.27. The number of rotatable bonds is 4. The van der Waals surface area contributed by atoms with E-state index in [-0.39, 0.29) is 22.8 Å². The van der Waals surface area contributed by atoms with Gasteiger partial charge >= 0.3 is 6.18 Å². The third-order valence-corrected chi connectivity index (χ3v) is 4.59. The Labute approximate surface area is 170 Å². The zero-order valence-corrected chi connectivity index (χ0v) is 15.8. The van der Waals surface area contributed by atoms with E-state index in [4.69, 9.17) is 12.2 Å². The largest absolute Gasteiger partial charge is 0.417 e. The van der Waals surface area contributed by atoms with Crippen molar-refractivity contribution >= 4 is 35.2 Å². The van der Waals surface area contributed by atoms with Crippen molar-refractivity contribution in [2.24, 2.45) is 0 Å². The molecule has 4 nitrogen and oxygen atoms in total. The Morgan fingerprint density at radius 1 is 1.07 bits per heavy atom. The first-order valence-corrected chi connectivity index (χ1v) is 8.89. The van der Waals surface area contributed by atoms with Gasteiger partial charge < -0.3 is 0 Å². The lowest BCUT2D eigenvalue weighted by Crippen LogP contribution is -2.53. The van der Waals surface area contributed by atoms with E-state index < -0.39 is 23.6 Å². The van der Waals surface area contributed by atoms with Gasteiger partial charge in [-0.1, -0.05) is 48.5 Å². The number of thiocarbonyl (C=S) groups is 1. The average molecular weight is 416 g/mol. The van der Waals surface area contributed by atoms with Crippen LogP contribution in [-0.2, 0) is 15.8 Å². The van der Waals surface area contributed by atoms with Crippen LogP contribution in [-0.4, -0.2) is 28.4 Å². The Bertz CT molecular complexity index is 1030. The molecule has 8 heteroatoms. The smallest absolute Gasteiger partial charge is 0.298 e. The van der Waals surface area contributed by atoms with Crippen molar-refractivity contribution < 1.29 is 22.8 Å². The molecule has 2 aromatic rings. The minimum atomic E-state index is -4.48. The molecule has 0 radical (unpaired) electrons. The van der Waals surface area contributed by atoms with Crippen LogP contribution in [0.1, 0.15) is 11.1 Å². The molecule has 0 aliphatic carbocycles. The average Bonchev–Trinajstić information content (AvgIpc) is 2.68. The van der Waals surface area contributed by atoms with Crippen molar-refractivity contribution in [2.75, 3.05) is 6.54 Å². The summed E-state index contributed by atoms with van der Waals surface area (Å²) in [6, 6.07) is 11.4. The molecule has 0 aromatic heterocycles. The molecule has 2 amide bonds. The number of hydrogen-bond acceptors (Lipinski definition) is 3. The van der Waals surface area contributed by atoms with Gasteiger partial charge in [0.25, 0.3) is 11.8 Å². The summed E-state index contributed by atoms with van der Waals surface area (Å²) in [7, 11) is 0. The zero-order chi connectivity index (χ0) is 21.2. The predicted octanol–water partition coefficient (Wildman–Crippen LogP) is 4.19. The van der Waals surface area contributed by atoms with Crippen molar-refractivity contribution in [1.82, 2.24) is 10.2 Å². The third-order valence-electron chi connectivity index (χ3n) is 4.26. The van der Waals surface area contributed by atoms with E-state index in [2.05, 4.69) is 11.9 Å². The molecule has 0 unspecified atom stereocenters. The van der Waals surface area contributed by atoms with Crippen LogP contribution in [0.15, 0.2) is 66.8 Å². The Morgan fingerprint density at radius 3 is 2.34 bits per heavy atom. The lowest BCUT2D eigenvalue weighted by atomic mass is 9.97. The summed E-state index contributed by atoms with van der Waals surface area (Å²) in [5.41, 5.74) is 0.0516. The van der Waals surface area contributed by atoms with E-state index in [1.807, 2.05) is 0 Å². The number of nitrogens with zero attached hydrogens (tertiary/aromatic N) is 1. The van der Waals surface area contributed by atoms with Gasteiger partial charge in [-0.15, -0.1) is 6.58 Å². The molecule has 0 atom stereocenters. The molecule has 0 bridgehead atoms. The number of benzene rings is 2. The maximum Gasteiger partial charge on any atom is 0.417 e. The highest BCUT2D eigenvalue weighted by molar-refractivity contribution is 7.80. The SMILES string of the molecule is C=CCN1C(=O)/C(=C/c2ccc(-c3ccccc3C(F)(F)F)cc2)C(=O)NC1=S. The van der Waals surface area contributed by atoms with Gasteiger partial charge in [0.05, 0.1) is 5.56 Å². The van der Waals surface area contributed by atoms with E-state index in [9.17, 15) is 22.8 Å². The molecular weight excluding hydrogens is 401 g/mol. The van der Waals surface area contributed by atoms with Gasteiger partial charge in [-0.3, -0.25) is 19.8 Å². The van der Waals surface area contributed by atoms with Crippen molar-refractivity contribution in [3.63, 3.8) is 0 Å². The van der Waals surface area contributed by atoms with Crippen LogP contribution in [0, 0.1) is 0 Å². The summed E-state index contributed by atoms with van der Waals surface area (Å²) in [6.07, 6.45) is -1.63. The molecule has 2 aromatic carbocycles. The maximum atomic E-state index is 13.2. The molecule has 0 spiro atoms. The van der Waals surface area contributed by atoms with Crippen molar-refractivity contribution in [3.8, 4) is 11.1 Å². The highest BCUT2D eigenvalue weighted by Crippen LogP contribution is 2.37. The highest BCUT2D eigenvalue weighted by atomic mass is 32.1. The van der Waals surface area contributed by atoms with Gasteiger partial charge in [-0.25, -0.2) is 0 Å². The van der Waals surface area contributed by atoms with Gasteiger partial charge in [-0.05, 0) is 41.1 Å². The van der Waals surface area contributed by atoms with E-state index >= 15 is 0 Å². The van der Waals surface area contributed by atoms with Crippen LogP contribution < -0.4 is 5.32 Å². The fourth-order valence-corrected chi connectivity index (χ4v) is 3.15. The number of alkyl halides is 3. The first kappa shape index (κ1) is 20.5. The molecular formula is C21H15F3N2O2S. The topological polar surface area (TPSA) is 49.4 Å². The minimum absolute atomic E-state index is 0.00356. The third kappa shape index (κ3) is 4.27. The first-order valence-electron chi connectivity index (χ1n) is 8.49. The monoisotopic (exact) mass is 416 g/mol. The fourth-order valence-electron chi connectivity index (χ4n) is 2.90. The standard InChI is InChI=1S/C21H15F3N2O2S/c1-2-11-26-19(28)16(18(27)25-20(26)29)12-13-7-9-14(10-8-13)15-5-3-4-6-17(15)21(22,23)24/h2-10,12H,1,11H2,(H,25,27,29)/b16-12+. The van der Waals surface area contributed by atoms with Gasteiger partial charge in [0.15, 0.2) is 5.11 Å². The van der Waals surface area contributed by atoms with Crippen LogP contribution in [0.25, 0.3) is 17.2 Å². The molecule has 1 fully saturated rings. The molecule has 1 heterocycles. The van der Waals surface area contributed by atoms with E-state index in [0.717, 1.165) is 6.07 Å². The van der Waals surface area contributed by atoms with Gasteiger partial charge in [0.2, 0.25) is 0 Å². The van der Waals surface area contributed by atoms with Crippen molar-refractivity contribution in [2.45, 2.75) is 6.18 Å². The molecule has 1 aliphatic rings. The van der Waals surface area contributed by atoms with Crippen LogP contribution in [0.3, 0.4) is 0 Å². The van der Waals surface area contributed by atoms with Gasteiger partial charge in [0.1, 0.15) is 5.57 Å². The zero-order valence-electron chi connectivity index (χ0n) is 15.0. The molecule has 3 rings (SSSR count). The Morgan fingerprint density at radius 2 is 1.72 bits per heavy atom. The van der Waals surface area contributed by atoms with Crippen LogP contribution in [0.5, 0.6) is 0 Å². The molecule has 0 saturated carbocycles. The van der Waals surface area contributed by atoms with Crippen molar-refractivity contribution in [1.29, 1.82) is 0 Å². The number of hydrogen-bond donors (Lipinski definition) is 1. The Kier molecular flexibility index (Phi) is 5.65. The fraction of sp³-hybridized carbons (Fsp3) is 0.0952. The molecule has 1 aliphatic heterocycles. The molecule has 1 saturated heterocycles. The van der Waals surface area contributed by atoms with Crippen LogP contribution in [0.4, 0.5) is 13.2 Å². The quantitative estimate of drug-likeness (QED) is 0.352. The second-order valence-electron chi connectivity index (χ2n) is 6.19. The molecule has 29 heavy (non-hydrogen) atoms. The Hall–Kier alpha value is -3.26. The number of nitrogens with one attached hydrogen (secondary N) is 1. The van der Waals surface area contributed by atoms with Crippen molar-refractivity contribution in [3.05, 3.63) is 77.9 Å². The van der Waals surface area contributed by atoms with E-state index in [0.29, 0.717) is 11.1 Å². The highest BCUT2D eigenvalue weighted by Gasteiger charge is 2.34. The summed E-state index contributed by atoms with van der Waals surface area (Å²) < 4.78 is 39.7. The molecule has 1 N–H and O–H groups in total. The second-order valence-corrected chi connectivity index (χ2v) is 6.57. The summed E-state index contributed by atoms with van der Waals surface area (Å²) in [5.74, 6) is -1.20. The number of carbonyl (C=O) groups excluding carboxylic acids is 2. The lowest BCUT2D eigenvalue weighted by molar-refractivity contribution is -0.137. The number of carbonyl (C=O) groups is 2. The Balaban J connectivity index is 1.93. The maximum absolute atomic E-state index is 13.2. The molecule has 148 valence electrons. The summed E-state index contributed by atoms with van der Waals surface area (Å²) in [6.45, 7) is 3.69. The van der Waals surface area contributed by atoms with Gasteiger partial charge in [0, 0.05) is 6.54 Å². The predicted molar refractivity (Wildman–Crippen MR) is 108 cm³/mol.